The van der Waals surface area contributed by atoms with Gasteiger partial charge in [-0.3, -0.25) is 0 Å². The van der Waals surface area contributed by atoms with E-state index in [1.807, 2.05) is 6.92 Å². The summed E-state index contributed by atoms with van der Waals surface area (Å²) >= 11 is 0. The van der Waals surface area contributed by atoms with Gasteiger partial charge >= 0.3 is 0 Å². The molecule has 6 rings (SSSR count). The Labute approximate surface area is 194 Å². The molecule has 2 heterocycles. The Balaban J connectivity index is 1.75. The second-order valence-electron chi connectivity index (χ2n) is 10.0. The number of para-hydroxylation sites is 1. The molecule has 0 aliphatic carbocycles. The van der Waals surface area contributed by atoms with Gasteiger partial charge in [-0.25, -0.2) is 9.97 Å². The maximum atomic E-state index is 6.42. The number of nitrogens with zero attached hydrogens (tertiary/aromatic N) is 2. The minimum atomic E-state index is -1.58. The number of hydrogen-bond acceptors (Lipinski definition) is 3. The van der Waals surface area contributed by atoms with Crippen molar-refractivity contribution >= 4 is 56.9 Å². The Morgan fingerprint density at radius 1 is 0.758 bits per heavy atom. The quantitative estimate of drug-likeness (QED) is 0.204. The highest BCUT2D eigenvalue weighted by Crippen LogP contribution is 2.38. The molecule has 0 unspecified atom stereocenters. The number of aryl methyl sites for hydroxylation is 2. The third-order valence-corrected chi connectivity index (χ3v) is 8.57. The molecule has 0 aliphatic heterocycles. The number of benzene rings is 4. The largest absolute Gasteiger partial charge is 0.455 e. The van der Waals surface area contributed by atoms with Gasteiger partial charge in [0, 0.05) is 27.1 Å². The van der Waals surface area contributed by atoms with Crippen molar-refractivity contribution < 1.29 is 4.42 Å². The molecule has 0 saturated heterocycles. The van der Waals surface area contributed by atoms with Crippen molar-refractivity contribution in [1.29, 1.82) is 0 Å². The van der Waals surface area contributed by atoms with Crippen LogP contribution in [0.4, 0.5) is 0 Å². The molecule has 0 N–H and O–H groups in total. The summed E-state index contributed by atoms with van der Waals surface area (Å²) in [5.41, 5.74) is 5.98. The molecule has 4 heteroatoms. The molecule has 0 aliphatic rings. The molecule has 4 aromatic carbocycles. The van der Waals surface area contributed by atoms with E-state index in [4.69, 9.17) is 14.4 Å². The molecule has 0 fully saturated rings. The van der Waals surface area contributed by atoms with E-state index in [2.05, 4.69) is 93.3 Å². The molecule has 0 amide bonds. The SMILES string of the molecule is Cc1ccc2c(c1)oc1c(-c3nc(C)nc4c3ccc3cccc([Si](C)(C)C)c34)cccc12. The van der Waals surface area contributed by atoms with E-state index < -0.39 is 8.07 Å². The van der Waals surface area contributed by atoms with Gasteiger partial charge in [0.25, 0.3) is 0 Å². The Morgan fingerprint density at radius 3 is 2.36 bits per heavy atom. The van der Waals surface area contributed by atoms with Crippen molar-refractivity contribution in [2.75, 3.05) is 0 Å². The Morgan fingerprint density at radius 2 is 1.55 bits per heavy atom. The van der Waals surface area contributed by atoms with Gasteiger partial charge in [0.1, 0.15) is 17.0 Å². The van der Waals surface area contributed by atoms with E-state index in [1.165, 1.54) is 21.5 Å². The molecule has 2 aromatic heterocycles. The number of furan rings is 1. The van der Waals surface area contributed by atoms with Gasteiger partial charge in [-0.05, 0) is 43.0 Å². The number of rotatable bonds is 2. The second kappa shape index (κ2) is 7.00. The normalized spacial score (nSPS) is 12.4. The summed E-state index contributed by atoms with van der Waals surface area (Å²) in [5.74, 6) is 0.777. The van der Waals surface area contributed by atoms with E-state index in [-0.39, 0.29) is 0 Å². The fourth-order valence-corrected chi connectivity index (χ4v) is 6.61. The van der Waals surface area contributed by atoms with E-state index in [0.717, 1.165) is 49.9 Å². The lowest BCUT2D eigenvalue weighted by atomic mass is 10.00. The number of aromatic nitrogens is 2. The minimum Gasteiger partial charge on any atom is -0.455 e. The van der Waals surface area contributed by atoms with Crippen LogP contribution in [0.15, 0.2) is 71.1 Å². The summed E-state index contributed by atoms with van der Waals surface area (Å²) in [6.45, 7) is 11.3. The van der Waals surface area contributed by atoms with Crippen molar-refractivity contribution in [3.8, 4) is 11.3 Å². The van der Waals surface area contributed by atoms with Crippen LogP contribution in [0.3, 0.4) is 0 Å². The van der Waals surface area contributed by atoms with Crippen LogP contribution in [0, 0.1) is 13.8 Å². The van der Waals surface area contributed by atoms with Crippen molar-refractivity contribution in [2.24, 2.45) is 0 Å². The van der Waals surface area contributed by atoms with Crippen molar-refractivity contribution in [3.63, 3.8) is 0 Å². The van der Waals surface area contributed by atoms with E-state index in [9.17, 15) is 0 Å². The monoisotopic (exact) mass is 446 g/mol. The standard InChI is InChI=1S/C29H26N2OSi/c1-17-12-14-20-21-9-7-10-23(29(21)32-24(20)16-17)27-22-15-13-19-8-6-11-25(33(3,4)5)26(19)28(22)31-18(2)30-27/h6-16H,1-5H3. The summed E-state index contributed by atoms with van der Waals surface area (Å²) in [6, 6.07) is 23.8. The van der Waals surface area contributed by atoms with Crippen molar-refractivity contribution in [2.45, 2.75) is 33.5 Å². The zero-order valence-corrected chi connectivity index (χ0v) is 20.7. The maximum absolute atomic E-state index is 6.42. The zero-order valence-electron chi connectivity index (χ0n) is 19.7. The van der Waals surface area contributed by atoms with Crippen LogP contribution in [0.5, 0.6) is 0 Å². The van der Waals surface area contributed by atoms with Gasteiger partial charge in [0.05, 0.1) is 19.3 Å². The average molecular weight is 447 g/mol. The van der Waals surface area contributed by atoms with E-state index in [1.54, 1.807) is 0 Å². The fourth-order valence-electron chi connectivity index (χ4n) is 5.00. The number of hydrogen-bond donors (Lipinski definition) is 0. The first-order chi connectivity index (χ1) is 15.8. The highest BCUT2D eigenvalue weighted by atomic mass is 28.3. The lowest BCUT2D eigenvalue weighted by Crippen LogP contribution is -2.38. The summed E-state index contributed by atoms with van der Waals surface area (Å²) in [4.78, 5) is 9.93. The molecule has 6 aromatic rings. The van der Waals surface area contributed by atoms with Gasteiger partial charge < -0.3 is 4.42 Å². The molecule has 0 atom stereocenters. The number of fused-ring (bicyclic) bond motifs is 6. The molecule has 0 saturated carbocycles. The van der Waals surface area contributed by atoms with Crippen LogP contribution in [0.25, 0.3) is 54.9 Å². The average Bonchev–Trinajstić information content (AvgIpc) is 3.15. The first-order valence-electron chi connectivity index (χ1n) is 11.4. The van der Waals surface area contributed by atoms with E-state index in [0.29, 0.717) is 0 Å². The van der Waals surface area contributed by atoms with Gasteiger partial charge in [0.2, 0.25) is 0 Å². The Kier molecular flexibility index (Phi) is 4.27. The lowest BCUT2D eigenvalue weighted by Gasteiger charge is -2.20. The molecule has 0 spiro atoms. The predicted octanol–water partition coefficient (Wildman–Crippen LogP) is 7.51. The van der Waals surface area contributed by atoms with Crippen LogP contribution in [0.2, 0.25) is 19.6 Å². The Hall–Kier alpha value is -3.50. The predicted molar refractivity (Wildman–Crippen MR) is 142 cm³/mol. The van der Waals surface area contributed by atoms with Gasteiger partial charge in [-0.1, -0.05) is 73.4 Å². The fraction of sp³-hybridized carbons (Fsp3) is 0.172. The zero-order chi connectivity index (χ0) is 22.9. The van der Waals surface area contributed by atoms with E-state index >= 15 is 0 Å². The van der Waals surface area contributed by atoms with Crippen LogP contribution in [-0.4, -0.2) is 18.0 Å². The maximum Gasteiger partial charge on any atom is 0.144 e. The molecule has 33 heavy (non-hydrogen) atoms. The summed E-state index contributed by atoms with van der Waals surface area (Å²) in [6.07, 6.45) is 0. The first kappa shape index (κ1) is 20.1. The van der Waals surface area contributed by atoms with Crippen molar-refractivity contribution in [3.05, 3.63) is 78.1 Å². The molecule has 3 nitrogen and oxygen atoms in total. The molecular weight excluding hydrogens is 420 g/mol. The minimum absolute atomic E-state index is 0.777. The van der Waals surface area contributed by atoms with Crippen LogP contribution in [-0.2, 0) is 0 Å². The molecular formula is C29H26N2OSi. The van der Waals surface area contributed by atoms with Gasteiger partial charge in [-0.15, -0.1) is 0 Å². The smallest absolute Gasteiger partial charge is 0.144 e. The molecule has 0 bridgehead atoms. The van der Waals surface area contributed by atoms with Crippen molar-refractivity contribution in [1.82, 2.24) is 9.97 Å². The molecule has 162 valence electrons. The van der Waals surface area contributed by atoms with Gasteiger partial charge in [-0.2, -0.15) is 0 Å². The van der Waals surface area contributed by atoms with Crippen LogP contribution in [0.1, 0.15) is 11.4 Å². The summed E-state index contributed by atoms with van der Waals surface area (Å²) in [5, 5.41) is 7.28. The molecule has 0 radical (unpaired) electrons. The topological polar surface area (TPSA) is 38.9 Å². The third-order valence-electron chi connectivity index (χ3n) is 6.54. The van der Waals surface area contributed by atoms with Crippen LogP contribution < -0.4 is 5.19 Å². The Bertz CT molecular complexity index is 1720. The lowest BCUT2D eigenvalue weighted by molar-refractivity contribution is 0.669. The van der Waals surface area contributed by atoms with Gasteiger partial charge in [0.15, 0.2) is 0 Å². The third kappa shape index (κ3) is 3.09. The highest BCUT2D eigenvalue weighted by molar-refractivity contribution is 6.90. The summed E-state index contributed by atoms with van der Waals surface area (Å²) in [7, 11) is -1.58. The highest BCUT2D eigenvalue weighted by Gasteiger charge is 2.23. The summed E-state index contributed by atoms with van der Waals surface area (Å²) < 4.78 is 6.42. The van der Waals surface area contributed by atoms with Crippen LogP contribution >= 0.6 is 0 Å². The second-order valence-corrected chi connectivity index (χ2v) is 15.1. The first-order valence-corrected chi connectivity index (χ1v) is 14.9.